The topological polar surface area (TPSA) is 43.4 Å². The quantitative estimate of drug-likeness (QED) is 0.367. The van der Waals surface area contributed by atoms with Crippen LogP contribution in [0.2, 0.25) is 0 Å². The zero-order valence-electron chi connectivity index (χ0n) is 9.47. The fourth-order valence-electron chi connectivity index (χ4n) is 1.10. The van der Waals surface area contributed by atoms with Crippen molar-refractivity contribution in [3.05, 3.63) is 0 Å². The summed E-state index contributed by atoms with van der Waals surface area (Å²) >= 11 is 0. The highest BCUT2D eigenvalue weighted by atomic mass is 16.5. The van der Waals surface area contributed by atoms with Crippen LogP contribution in [0, 0.1) is 11.8 Å². The standard InChI is InChI=1S/C12H18O3/c1-3-5-6-7-8-11(13)9-10-12(14)15-4-2/h4,6-10H2,1-2H3. The smallest absolute Gasteiger partial charge is 0.306 e. The molecule has 0 fully saturated rings. The minimum Gasteiger partial charge on any atom is -0.466 e. The molecule has 0 rings (SSSR count). The molecule has 15 heavy (non-hydrogen) atoms. The summed E-state index contributed by atoms with van der Waals surface area (Å²) in [5.41, 5.74) is 0. The third kappa shape index (κ3) is 9.01. The number of carbonyl (C=O) groups excluding carboxylic acids is 2. The van der Waals surface area contributed by atoms with Crippen molar-refractivity contribution in [3.63, 3.8) is 0 Å². The molecule has 0 aromatic carbocycles. The molecule has 0 N–H and O–H groups in total. The van der Waals surface area contributed by atoms with Crippen LogP contribution < -0.4 is 0 Å². The molecule has 0 amide bonds. The number of hydrogen-bond acceptors (Lipinski definition) is 3. The van der Waals surface area contributed by atoms with E-state index in [1.165, 1.54) is 0 Å². The molecule has 0 aliphatic rings. The maximum atomic E-state index is 11.3. The van der Waals surface area contributed by atoms with E-state index in [2.05, 4.69) is 11.8 Å². The Labute approximate surface area is 91.2 Å². The molecule has 0 saturated heterocycles. The summed E-state index contributed by atoms with van der Waals surface area (Å²) < 4.78 is 4.72. The summed E-state index contributed by atoms with van der Waals surface area (Å²) in [6.45, 7) is 3.91. The highest BCUT2D eigenvalue weighted by Crippen LogP contribution is 2.02. The highest BCUT2D eigenvalue weighted by Gasteiger charge is 2.06. The summed E-state index contributed by atoms with van der Waals surface area (Å²) in [6, 6.07) is 0. The number of ketones is 1. The molecule has 0 saturated carbocycles. The lowest BCUT2D eigenvalue weighted by atomic mass is 10.1. The summed E-state index contributed by atoms with van der Waals surface area (Å²) in [7, 11) is 0. The molecule has 0 radical (unpaired) electrons. The Morgan fingerprint density at radius 2 is 1.93 bits per heavy atom. The maximum Gasteiger partial charge on any atom is 0.306 e. The second-order valence-corrected chi connectivity index (χ2v) is 3.12. The van der Waals surface area contributed by atoms with E-state index in [0.29, 0.717) is 19.4 Å². The first-order valence-corrected chi connectivity index (χ1v) is 5.27. The normalized spacial score (nSPS) is 8.93. The summed E-state index contributed by atoms with van der Waals surface area (Å²) in [5.74, 6) is 5.49. The average Bonchev–Trinajstić information content (AvgIpc) is 2.22. The van der Waals surface area contributed by atoms with Crippen molar-refractivity contribution in [3.8, 4) is 11.8 Å². The van der Waals surface area contributed by atoms with Gasteiger partial charge in [-0.15, -0.1) is 11.8 Å². The van der Waals surface area contributed by atoms with E-state index < -0.39 is 0 Å². The van der Waals surface area contributed by atoms with Gasteiger partial charge in [-0.25, -0.2) is 0 Å². The fourth-order valence-corrected chi connectivity index (χ4v) is 1.10. The van der Waals surface area contributed by atoms with Gasteiger partial charge in [0.1, 0.15) is 5.78 Å². The van der Waals surface area contributed by atoms with Crippen molar-refractivity contribution in [2.24, 2.45) is 0 Å². The van der Waals surface area contributed by atoms with Gasteiger partial charge in [0.15, 0.2) is 0 Å². The Balaban J connectivity index is 3.47. The molecule has 84 valence electrons. The Hall–Kier alpha value is -1.30. The van der Waals surface area contributed by atoms with Crippen LogP contribution in [0.3, 0.4) is 0 Å². The first-order chi connectivity index (χ1) is 7.20. The van der Waals surface area contributed by atoms with Gasteiger partial charge in [-0.1, -0.05) is 0 Å². The van der Waals surface area contributed by atoms with E-state index >= 15 is 0 Å². The zero-order chi connectivity index (χ0) is 11.5. The lowest BCUT2D eigenvalue weighted by Gasteiger charge is -2.00. The van der Waals surface area contributed by atoms with Gasteiger partial charge in [-0.05, 0) is 20.3 Å². The van der Waals surface area contributed by atoms with Crippen LogP contribution in [0.15, 0.2) is 0 Å². The molecular formula is C12H18O3. The SMILES string of the molecule is CC#CCCCC(=O)CCC(=O)OCC. The van der Waals surface area contributed by atoms with Crippen molar-refractivity contribution >= 4 is 11.8 Å². The van der Waals surface area contributed by atoms with E-state index in [1.54, 1.807) is 13.8 Å². The minimum atomic E-state index is -0.292. The molecule has 0 unspecified atom stereocenters. The predicted octanol–water partition coefficient (Wildman–Crippen LogP) is 2.09. The van der Waals surface area contributed by atoms with Crippen LogP contribution in [0.4, 0.5) is 0 Å². The molecule has 0 spiro atoms. The lowest BCUT2D eigenvalue weighted by Crippen LogP contribution is -2.07. The van der Waals surface area contributed by atoms with E-state index in [1.807, 2.05) is 0 Å². The van der Waals surface area contributed by atoms with Crippen molar-refractivity contribution < 1.29 is 14.3 Å². The molecule has 0 aliphatic carbocycles. The summed E-state index contributed by atoms with van der Waals surface area (Å²) in [4.78, 5) is 22.2. The van der Waals surface area contributed by atoms with Gasteiger partial charge in [0.05, 0.1) is 13.0 Å². The number of hydrogen-bond donors (Lipinski definition) is 0. The van der Waals surface area contributed by atoms with Crippen LogP contribution in [0.5, 0.6) is 0 Å². The van der Waals surface area contributed by atoms with Crippen LogP contribution in [-0.4, -0.2) is 18.4 Å². The minimum absolute atomic E-state index is 0.112. The third-order valence-electron chi connectivity index (χ3n) is 1.85. The van der Waals surface area contributed by atoms with Gasteiger partial charge in [0.2, 0.25) is 0 Å². The number of esters is 1. The van der Waals surface area contributed by atoms with Crippen LogP contribution in [0.25, 0.3) is 0 Å². The van der Waals surface area contributed by atoms with E-state index in [9.17, 15) is 9.59 Å². The predicted molar refractivity (Wildman–Crippen MR) is 58.2 cm³/mol. The van der Waals surface area contributed by atoms with Gasteiger partial charge in [-0.2, -0.15) is 0 Å². The van der Waals surface area contributed by atoms with Gasteiger partial charge in [0, 0.05) is 19.3 Å². The van der Waals surface area contributed by atoms with Crippen molar-refractivity contribution in [1.29, 1.82) is 0 Å². The third-order valence-corrected chi connectivity index (χ3v) is 1.85. The number of carbonyl (C=O) groups is 2. The Morgan fingerprint density at radius 1 is 1.20 bits per heavy atom. The Kier molecular flexibility index (Phi) is 8.46. The molecule has 0 aromatic heterocycles. The van der Waals surface area contributed by atoms with E-state index in [-0.39, 0.29) is 18.2 Å². The van der Waals surface area contributed by atoms with E-state index in [4.69, 9.17) is 4.74 Å². The molecule has 3 heteroatoms. The molecule has 0 atom stereocenters. The molecular weight excluding hydrogens is 192 g/mol. The molecule has 0 bridgehead atoms. The summed E-state index contributed by atoms with van der Waals surface area (Å²) in [6.07, 6.45) is 2.53. The first-order valence-electron chi connectivity index (χ1n) is 5.27. The largest absolute Gasteiger partial charge is 0.466 e. The monoisotopic (exact) mass is 210 g/mol. The van der Waals surface area contributed by atoms with E-state index in [0.717, 1.165) is 12.8 Å². The zero-order valence-corrected chi connectivity index (χ0v) is 9.47. The van der Waals surface area contributed by atoms with Gasteiger partial charge < -0.3 is 4.74 Å². The molecule has 0 heterocycles. The fraction of sp³-hybridized carbons (Fsp3) is 0.667. The lowest BCUT2D eigenvalue weighted by molar-refractivity contribution is -0.144. The maximum absolute atomic E-state index is 11.3. The van der Waals surface area contributed by atoms with Gasteiger partial charge in [-0.3, -0.25) is 9.59 Å². The van der Waals surface area contributed by atoms with Crippen LogP contribution >= 0.6 is 0 Å². The van der Waals surface area contributed by atoms with Crippen molar-refractivity contribution in [2.45, 2.75) is 46.0 Å². The van der Waals surface area contributed by atoms with Crippen molar-refractivity contribution in [1.82, 2.24) is 0 Å². The molecule has 3 nitrogen and oxygen atoms in total. The molecule has 0 aromatic rings. The second kappa shape index (κ2) is 9.26. The van der Waals surface area contributed by atoms with Crippen molar-refractivity contribution in [2.75, 3.05) is 6.61 Å². The average molecular weight is 210 g/mol. The number of rotatable bonds is 7. The Morgan fingerprint density at radius 3 is 2.53 bits per heavy atom. The van der Waals surface area contributed by atoms with Crippen LogP contribution in [-0.2, 0) is 14.3 Å². The number of Topliss-reactive ketones (excluding diaryl/α,β-unsaturated/α-hetero) is 1. The highest BCUT2D eigenvalue weighted by molar-refractivity contribution is 5.82. The number of ether oxygens (including phenoxy) is 1. The van der Waals surface area contributed by atoms with Crippen LogP contribution in [0.1, 0.15) is 46.0 Å². The molecule has 0 aliphatic heterocycles. The van der Waals surface area contributed by atoms with Gasteiger partial charge >= 0.3 is 5.97 Å². The summed E-state index contributed by atoms with van der Waals surface area (Å²) in [5, 5.41) is 0. The number of unbranched alkanes of at least 4 members (excludes halogenated alkanes) is 1. The second-order valence-electron chi connectivity index (χ2n) is 3.12. The Bertz CT molecular complexity index is 258. The van der Waals surface area contributed by atoms with Gasteiger partial charge in [0.25, 0.3) is 0 Å². The first kappa shape index (κ1) is 13.7.